The number of anilines is 4. The van der Waals surface area contributed by atoms with Crippen molar-refractivity contribution in [3.8, 4) is 0 Å². The van der Waals surface area contributed by atoms with E-state index in [0.717, 1.165) is 37.3 Å². The van der Waals surface area contributed by atoms with Crippen molar-refractivity contribution in [1.82, 2.24) is 19.9 Å². The molecule has 1 aromatic carbocycles. The predicted octanol–water partition coefficient (Wildman–Crippen LogP) is 4.59. The molecule has 1 fully saturated rings. The number of halogens is 1. The molecule has 1 saturated carbocycles. The second-order valence-corrected chi connectivity index (χ2v) is 13.1. The van der Waals surface area contributed by atoms with Crippen LogP contribution in [0.5, 0.6) is 0 Å². The number of aromatic nitrogens is 3. The highest BCUT2D eigenvalue weighted by molar-refractivity contribution is 7.91. The summed E-state index contributed by atoms with van der Waals surface area (Å²) in [5, 5.41) is 3.45. The maximum absolute atomic E-state index is 15.2. The molecule has 3 heterocycles. The SMILES string of the molecule is CC(C)N1C(=O)N(c2ccc(NS(=O)(=O)Cc3cccnc3)c(F)c2)Cc2cnc(NC3CCC(N(C)C)CC3)nc21. The molecule has 42 heavy (non-hydrogen) atoms. The third-order valence-corrected chi connectivity index (χ3v) is 8.97. The van der Waals surface area contributed by atoms with Crippen LogP contribution in [0.25, 0.3) is 0 Å². The number of sulfonamides is 1. The molecule has 2 aliphatic rings. The molecule has 1 aliphatic heterocycles. The van der Waals surface area contributed by atoms with Crippen molar-refractivity contribution >= 4 is 39.2 Å². The molecule has 1 aliphatic carbocycles. The first-order valence-electron chi connectivity index (χ1n) is 14.1. The molecule has 2 aromatic heterocycles. The number of urea groups is 1. The Morgan fingerprint density at radius 1 is 1.12 bits per heavy atom. The van der Waals surface area contributed by atoms with Gasteiger partial charge in [0.15, 0.2) is 0 Å². The summed E-state index contributed by atoms with van der Waals surface area (Å²) in [6, 6.07) is 7.54. The van der Waals surface area contributed by atoms with Crippen LogP contribution in [0.1, 0.15) is 50.7 Å². The van der Waals surface area contributed by atoms with Crippen molar-refractivity contribution in [3.05, 3.63) is 65.9 Å². The van der Waals surface area contributed by atoms with E-state index in [9.17, 15) is 13.2 Å². The van der Waals surface area contributed by atoms with Crippen molar-refractivity contribution in [2.45, 2.75) is 70.0 Å². The van der Waals surface area contributed by atoms with Crippen LogP contribution in [0.4, 0.5) is 32.3 Å². The van der Waals surface area contributed by atoms with E-state index >= 15 is 4.39 Å². The lowest BCUT2D eigenvalue weighted by molar-refractivity contribution is 0.221. The summed E-state index contributed by atoms with van der Waals surface area (Å²) in [4.78, 5) is 32.2. The third-order valence-electron chi connectivity index (χ3n) is 7.72. The molecular weight excluding hydrogens is 559 g/mol. The average molecular weight is 597 g/mol. The zero-order valence-electron chi connectivity index (χ0n) is 24.3. The van der Waals surface area contributed by atoms with Gasteiger partial charge in [-0.1, -0.05) is 6.07 Å². The fourth-order valence-corrected chi connectivity index (χ4v) is 6.68. The summed E-state index contributed by atoms with van der Waals surface area (Å²) in [5.41, 5.74) is 1.30. The molecule has 3 aromatic rings. The first-order valence-corrected chi connectivity index (χ1v) is 15.7. The van der Waals surface area contributed by atoms with E-state index in [-0.39, 0.29) is 36.1 Å². The van der Waals surface area contributed by atoms with Gasteiger partial charge < -0.3 is 10.2 Å². The lowest BCUT2D eigenvalue weighted by atomic mass is 9.91. The maximum atomic E-state index is 15.2. The highest BCUT2D eigenvalue weighted by atomic mass is 32.2. The molecule has 0 saturated heterocycles. The normalized spacial score (nSPS) is 19.3. The third kappa shape index (κ3) is 6.62. The van der Waals surface area contributed by atoms with Crippen molar-refractivity contribution in [1.29, 1.82) is 0 Å². The quantitative estimate of drug-likeness (QED) is 0.368. The number of nitrogens with one attached hydrogen (secondary N) is 2. The summed E-state index contributed by atoms with van der Waals surface area (Å²) < 4.78 is 42.7. The largest absolute Gasteiger partial charge is 0.351 e. The minimum absolute atomic E-state index is 0.150. The number of hydrogen-bond donors (Lipinski definition) is 2. The smallest absolute Gasteiger partial charge is 0.330 e. The van der Waals surface area contributed by atoms with Gasteiger partial charge in [-0.25, -0.2) is 22.6 Å². The summed E-state index contributed by atoms with van der Waals surface area (Å²) in [7, 11) is 0.341. The van der Waals surface area contributed by atoms with E-state index in [1.807, 2.05) is 13.8 Å². The van der Waals surface area contributed by atoms with Gasteiger partial charge in [0.1, 0.15) is 11.6 Å². The highest BCUT2D eigenvalue weighted by Crippen LogP contribution is 2.34. The first kappa shape index (κ1) is 29.6. The molecule has 0 radical (unpaired) electrons. The Hall–Kier alpha value is -3.84. The predicted molar refractivity (Wildman–Crippen MR) is 161 cm³/mol. The van der Waals surface area contributed by atoms with Gasteiger partial charge in [-0.15, -0.1) is 0 Å². The Morgan fingerprint density at radius 2 is 1.88 bits per heavy atom. The molecule has 0 atom stereocenters. The van der Waals surface area contributed by atoms with Crippen LogP contribution in [0, 0.1) is 5.82 Å². The summed E-state index contributed by atoms with van der Waals surface area (Å²) in [6.07, 6.45) is 8.93. The zero-order valence-corrected chi connectivity index (χ0v) is 25.1. The average Bonchev–Trinajstić information content (AvgIpc) is 2.94. The van der Waals surface area contributed by atoms with Gasteiger partial charge in [-0.3, -0.25) is 19.5 Å². The van der Waals surface area contributed by atoms with Gasteiger partial charge in [0.25, 0.3) is 0 Å². The lowest BCUT2D eigenvalue weighted by Crippen LogP contribution is -2.51. The number of hydrogen-bond acceptors (Lipinski definition) is 8. The number of benzene rings is 1. The molecule has 5 rings (SSSR count). The van der Waals surface area contributed by atoms with E-state index in [1.54, 1.807) is 29.4 Å². The Morgan fingerprint density at radius 3 is 2.52 bits per heavy atom. The molecule has 2 amide bonds. The second-order valence-electron chi connectivity index (χ2n) is 11.4. The van der Waals surface area contributed by atoms with Crippen LogP contribution >= 0.6 is 0 Å². The number of pyridine rings is 1. The first-order chi connectivity index (χ1) is 20.0. The molecule has 0 bridgehead atoms. The maximum Gasteiger partial charge on any atom is 0.330 e. The summed E-state index contributed by atoms with van der Waals surface area (Å²) in [5.74, 6) is -0.119. The Labute approximate surface area is 246 Å². The van der Waals surface area contributed by atoms with Gasteiger partial charge >= 0.3 is 6.03 Å². The number of nitrogens with zero attached hydrogens (tertiary/aromatic N) is 6. The van der Waals surface area contributed by atoms with E-state index in [2.05, 4.69) is 39.0 Å². The minimum atomic E-state index is -3.88. The van der Waals surface area contributed by atoms with Crippen LogP contribution in [0.2, 0.25) is 0 Å². The van der Waals surface area contributed by atoms with E-state index in [0.29, 0.717) is 29.1 Å². The van der Waals surface area contributed by atoms with Crippen molar-refractivity contribution in [2.75, 3.05) is 33.9 Å². The zero-order chi connectivity index (χ0) is 30.0. The fourth-order valence-electron chi connectivity index (χ4n) is 5.49. The van der Waals surface area contributed by atoms with Gasteiger partial charge in [0.2, 0.25) is 16.0 Å². The van der Waals surface area contributed by atoms with Crippen LogP contribution in [0.15, 0.2) is 48.9 Å². The number of carbonyl (C=O) groups is 1. The van der Waals surface area contributed by atoms with Crippen LogP contribution in [0.3, 0.4) is 0 Å². The second kappa shape index (κ2) is 12.2. The highest BCUT2D eigenvalue weighted by Gasteiger charge is 2.35. The standard InChI is InChI=1S/C29H37FN8O3S/c1-19(2)38-27-21(16-32-28(34-27)33-22-7-9-23(10-8-22)36(3)4)17-37(29(38)39)24-11-12-26(25(30)14-24)35-42(40,41)18-20-6-5-13-31-15-20/h5-6,11-16,19,22-23,35H,7-10,17-18H2,1-4H3,(H,32,33,34). The molecular formula is C29H37FN8O3S. The van der Waals surface area contributed by atoms with Crippen molar-refractivity contribution < 1.29 is 17.6 Å². The molecule has 2 N–H and O–H groups in total. The Kier molecular flexibility index (Phi) is 8.60. The Bertz CT molecular complexity index is 1530. The summed E-state index contributed by atoms with van der Waals surface area (Å²) >= 11 is 0. The number of rotatable bonds is 9. The van der Waals surface area contributed by atoms with E-state index in [4.69, 9.17) is 4.98 Å². The number of carbonyl (C=O) groups excluding carboxylic acids is 1. The molecule has 0 spiro atoms. The van der Waals surface area contributed by atoms with Crippen LogP contribution in [-0.4, -0.2) is 66.5 Å². The van der Waals surface area contributed by atoms with Crippen molar-refractivity contribution in [2.24, 2.45) is 0 Å². The van der Waals surface area contributed by atoms with Crippen LogP contribution < -0.4 is 19.8 Å². The fraction of sp³-hybridized carbons (Fsp3) is 0.448. The minimum Gasteiger partial charge on any atom is -0.351 e. The summed E-state index contributed by atoms with van der Waals surface area (Å²) in [6.45, 7) is 3.93. The van der Waals surface area contributed by atoms with Gasteiger partial charge in [-0.05, 0) is 83.5 Å². The van der Waals surface area contributed by atoms with E-state index < -0.39 is 15.8 Å². The van der Waals surface area contributed by atoms with Gasteiger partial charge in [0, 0.05) is 48.0 Å². The molecule has 224 valence electrons. The molecule has 11 nitrogen and oxygen atoms in total. The van der Waals surface area contributed by atoms with Gasteiger partial charge in [0.05, 0.1) is 18.0 Å². The van der Waals surface area contributed by atoms with Gasteiger partial charge in [-0.2, -0.15) is 4.98 Å². The molecule has 13 heteroatoms. The van der Waals surface area contributed by atoms with Crippen LogP contribution in [-0.2, 0) is 22.3 Å². The lowest BCUT2D eigenvalue weighted by Gasteiger charge is -2.38. The monoisotopic (exact) mass is 596 g/mol. The molecule has 0 unspecified atom stereocenters. The number of amides is 2. The Balaban J connectivity index is 1.32. The van der Waals surface area contributed by atoms with Crippen molar-refractivity contribution in [3.63, 3.8) is 0 Å². The van der Waals surface area contributed by atoms with E-state index in [1.165, 1.54) is 23.2 Å². The number of fused-ring (bicyclic) bond motifs is 1. The topological polar surface area (TPSA) is 124 Å².